The molecule has 176 valence electrons. The highest BCUT2D eigenvalue weighted by atomic mass is 79.9. The molecule has 0 fully saturated rings. The number of ether oxygens (including phenoxy) is 1. The maximum Gasteiger partial charge on any atom is 0.258 e. The number of benzene rings is 2. The lowest BCUT2D eigenvalue weighted by Gasteiger charge is -2.16. The predicted octanol–water partition coefficient (Wildman–Crippen LogP) is 6.61. The Morgan fingerprint density at radius 2 is 1.94 bits per heavy atom. The lowest BCUT2D eigenvalue weighted by atomic mass is 10.1. The highest BCUT2D eigenvalue weighted by molar-refractivity contribution is 9.10. The summed E-state index contributed by atoms with van der Waals surface area (Å²) in [5, 5.41) is 17.4. The van der Waals surface area contributed by atoms with Crippen molar-refractivity contribution in [3.8, 4) is 5.75 Å². The van der Waals surface area contributed by atoms with Crippen LogP contribution < -0.4 is 15.4 Å². The molecule has 2 aromatic carbocycles. The lowest BCUT2D eigenvalue weighted by molar-refractivity contribution is 0.102. The van der Waals surface area contributed by atoms with E-state index in [0.29, 0.717) is 44.1 Å². The Labute approximate surface area is 218 Å². The molecule has 0 saturated heterocycles. The average Bonchev–Trinajstić information content (AvgIpc) is 3.28. The molecule has 0 bridgehead atoms. The molecular weight excluding hydrogens is 563 g/mol. The smallest absolute Gasteiger partial charge is 0.258 e. The minimum Gasteiger partial charge on any atom is -0.494 e. The van der Waals surface area contributed by atoms with Gasteiger partial charge in [-0.15, -0.1) is 11.3 Å². The lowest BCUT2D eigenvalue weighted by Crippen LogP contribution is -2.13. The van der Waals surface area contributed by atoms with Crippen LogP contribution in [0.25, 0.3) is 10.2 Å². The Hall–Kier alpha value is -2.43. The van der Waals surface area contributed by atoms with E-state index >= 15 is 0 Å². The molecule has 4 aromatic rings. The third-order valence-electron chi connectivity index (χ3n) is 5.15. The fourth-order valence-corrected chi connectivity index (χ4v) is 5.68. The molecule has 11 heteroatoms. The third-order valence-corrected chi connectivity index (χ3v) is 7.92. The van der Waals surface area contributed by atoms with Crippen LogP contribution in [0.3, 0.4) is 0 Å². The quantitative estimate of drug-likeness (QED) is 0.227. The molecule has 0 unspecified atom stereocenters. The SMILES string of the molecule is COc1c(Cl)c(NC(=O)c2csc3c(Nc4ccc(CCO)cc4)ncnc23)c(Cl)c(C)c1Br. The van der Waals surface area contributed by atoms with Crippen molar-refractivity contribution in [1.29, 1.82) is 0 Å². The number of nitrogens with one attached hydrogen (secondary N) is 2. The number of nitrogens with zero attached hydrogens (tertiary/aromatic N) is 2. The molecule has 0 aliphatic rings. The van der Waals surface area contributed by atoms with Gasteiger partial charge in [-0.1, -0.05) is 35.3 Å². The van der Waals surface area contributed by atoms with Crippen molar-refractivity contribution >= 4 is 83.8 Å². The van der Waals surface area contributed by atoms with Crippen molar-refractivity contribution < 1.29 is 14.6 Å². The van der Waals surface area contributed by atoms with E-state index in [-0.39, 0.29) is 17.3 Å². The summed E-state index contributed by atoms with van der Waals surface area (Å²) in [7, 11) is 1.49. The van der Waals surface area contributed by atoms with E-state index in [1.165, 1.54) is 24.8 Å². The van der Waals surface area contributed by atoms with E-state index in [0.717, 1.165) is 16.0 Å². The molecule has 34 heavy (non-hydrogen) atoms. The Balaban J connectivity index is 1.64. The number of aliphatic hydroxyl groups is 1. The van der Waals surface area contributed by atoms with Crippen molar-refractivity contribution in [2.24, 2.45) is 0 Å². The summed E-state index contributed by atoms with van der Waals surface area (Å²) in [4.78, 5) is 21.9. The van der Waals surface area contributed by atoms with Gasteiger partial charge in [0.25, 0.3) is 5.91 Å². The first kappa shape index (κ1) is 24.7. The maximum atomic E-state index is 13.2. The molecule has 4 rings (SSSR count). The van der Waals surface area contributed by atoms with E-state index in [2.05, 4.69) is 36.5 Å². The van der Waals surface area contributed by atoms with Crippen molar-refractivity contribution in [2.45, 2.75) is 13.3 Å². The zero-order valence-electron chi connectivity index (χ0n) is 18.1. The van der Waals surface area contributed by atoms with E-state index in [9.17, 15) is 4.79 Å². The standard InChI is InChI=1S/C23H19BrCl2N4O3S/c1-11-15(24)20(33-2)17(26)19(16(11)25)30-23(32)14-9-34-21-18(14)27-10-28-22(21)29-13-5-3-12(4-6-13)7-8-31/h3-6,9-10,31H,7-8H2,1-2H3,(H,30,32)(H,27,28,29). The summed E-state index contributed by atoms with van der Waals surface area (Å²) >= 11 is 17.7. The number of hydrogen-bond donors (Lipinski definition) is 3. The predicted molar refractivity (Wildman–Crippen MR) is 141 cm³/mol. The van der Waals surface area contributed by atoms with E-state index in [1.807, 2.05) is 24.3 Å². The van der Waals surface area contributed by atoms with Gasteiger partial charge in [0.2, 0.25) is 0 Å². The molecule has 2 heterocycles. The maximum absolute atomic E-state index is 13.2. The summed E-state index contributed by atoms with van der Waals surface area (Å²) in [6.45, 7) is 1.89. The molecule has 0 aliphatic carbocycles. The number of carbonyl (C=O) groups is 1. The van der Waals surface area contributed by atoms with Gasteiger partial charge in [0.15, 0.2) is 11.6 Å². The molecule has 0 saturated carbocycles. The normalized spacial score (nSPS) is 11.0. The number of anilines is 3. The highest BCUT2D eigenvalue weighted by Gasteiger charge is 2.23. The number of aromatic nitrogens is 2. The average molecular weight is 582 g/mol. The molecule has 2 aromatic heterocycles. The summed E-state index contributed by atoms with van der Waals surface area (Å²) in [6.07, 6.45) is 2.00. The zero-order valence-corrected chi connectivity index (χ0v) is 22.0. The van der Waals surface area contributed by atoms with Crippen LogP contribution in [0.4, 0.5) is 17.2 Å². The second kappa shape index (κ2) is 10.5. The summed E-state index contributed by atoms with van der Waals surface area (Å²) in [6, 6.07) is 7.69. The Morgan fingerprint density at radius 3 is 2.62 bits per heavy atom. The Morgan fingerprint density at radius 1 is 1.21 bits per heavy atom. The fourth-order valence-electron chi connectivity index (χ4n) is 3.35. The second-order valence-electron chi connectivity index (χ2n) is 7.27. The van der Waals surface area contributed by atoms with Crippen LogP contribution in [-0.4, -0.2) is 34.7 Å². The number of aliphatic hydroxyl groups excluding tert-OH is 1. The Bertz CT molecular complexity index is 1380. The summed E-state index contributed by atoms with van der Waals surface area (Å²) in [5.74, 6) is 0.561. The van der Waals surface area contributed by atoms with Crippen LogP contribution in [0.2, 0.25) is 10.0 Å². The monoisotopic (exact) mass is 580 g/mol. The number of methoxy groups -OCH3 is 1. The zero-order chi connectivity index (χ0) is 24.4. The summed E-state index contributed by atoms with van der Waals surface area (Å²) < 4.78 is 6.71. The molecule has 0 atom stereocenters. The number of carbonyl (C=O) groups excluding carboxylic acids is 1. The first-order chi connectivity index (χ1) is 16.3. The molecule has 3 N–H and O–H groups in total. The fraction of sp³-hybridized carbons (Fsp3) is 0.174. The minimum atomic E-state index is -0.406. The van der Waals surface area contributed by atoms with Crippen LogP contribution in [0, 0.1) is 6.92 Å². The van der Waals surface area contributed by atoms with Crippen LogP contribution in [0.15, 0.2) is 40.4 Å². The van der Waals surface area contributed by atoms with Gasteiger partial charge in [0, 0.05) is 17.7 Å². The number of halogens is 3. The minimum absolute atomic E-state index is 0.0996. The topological polar surface area (TPSA) is 96.4 Å². The van der Waals surface area contributed by atoms with Crippen molar-refractivity contribution in [1.82, 2.24) is 9.97 Å². The van der Waals surface area contributed by atoms with Crippen LogP contribution in [0.5, 0.6) is 5.75 Å². The van der Waals surface area contributed by atoms with Gasteiger partial charge in [-0.25, -0.2) is 9.97 Å². The first-order valence-corrected chi connectivity index (χ1v) is 12.5. The molecule has 0 spiro atoms. The van der Waals surface area contributed by atoms with Gasteiger partial charge < -0.3 is 20.5 Å². The number of hydrogen-bond acceptors (Lipinski definition) is 7. The molecular formula is C23H19BrCl2N4O3S. The van der Waals surface area contributed by atoms with Crippen LogP contribution in [-0.2, 0) is 6.42 Å². The van der Waals surface area contributed by atoms with E-state index in [4.69, 9.17) is 33.0 Å². The Kier molecular flexibility index (Phi) is 7.59. The largest absolute Gasteiger partial charge is 0.494 e. The van der Waals surface area contributed by atoms with Gasteiger partial charge in [0.05, 0.1) is 38.1 Å². The second-order valence-corrected chi connectivity index (χ2v) is 9.70. The van der Waals surface area contributed by atoms with Gasteiger partial charge in [-0.2, -0.15) is 0 Å². The van der Waals surface area contributed by atoms with Crippen molar-refractivity contribution in [2.75, 3.05) is 24.4 Å². The highest BCUT2D eigenvalue weighted by Crippen LogP contribution is 2.46. The number of rotatable bonds is 7. The van der Waals surface area contributed by atoms with Crippen molar-refractivity contribution in [3.05, 3.63) is 67.2 Å². The number of amides is 1. The molecule has 1 amide bonds. The van der Waals surface area contributed by atoms with Crippen molar-refractivity contribution in [3.63, 3.8) is 0 Å². The van der Waals surface area contributed by atoms with Gasteiger partial charge in [-0.3, -0.25) is 4.79 Å². The van der Waals surface area contributed by atoms with Crippen LogP contribution >= 0.6 is 50.5 Å². The van der Waals surface area contributed by atoms with E-state index in [1.54, 1.807) is 12.3 Å². The van der Waals surface area contributed by atoms with Gasteiger partial charge in [0.1, 0.15) is 11.3 Å². The third kappa shape index (κ3) is 4.71. The summed E-state index contributed by atoms with van der Waals surface area (Å²) in [5.41, 5.74) is 3.69. The molecule has 0 radical (unpaired) electrons. The van der Waals surface area contributed by atoms with Gasteiger partial charge >= 0.3 is 0 Å². The van der Waals surface area contributed by atoms with Gasteiger partial charge in [-0.05, 0) is 52.5 Å². The number of fused-ring (bicyclic) bond motifs is 1. The molecule has 7 nitrogen and oxygen atoms in total. The number of thiophene rings is 1. The molecule has 0 aliphatic heterocycles. The van der Waals surface area contributed by atoms with Crippen LogP contribution in [0.1, 0.15) is 21.5 Å². The first-order valence-electron chi connectivity index (χ1n) is 10.1. The van der Waals surface area contributed by atoms with E-state index < -0.39 is 5.91 Å².